The smallest absolute Gasteiger partial charge is 0.430 e. The van der Waals surface area contributed by atoms with Crippen LogP contribution in [0.15, 0.2) is 0 Å². The summed E-state index contributed by atoms with van der Waals surface area (Å²) in [6.45, 7) is 4.63. The normalized spacial score (nSPS) is 27.1. The van der Waals surface area contributed by atoms with Crippen LogP contribution < -0.4 is 0 Å². The molecule has 0 amide bonds. The summed E-state index contributed by atoms with van der Waals surface area (Å²) in [6.07, 6.45) is 4.78. The number of unbranched alkanes of at least 4 members (excludes halogenated alkanes) is 2. The second kappa shape index (κ2) is 4.49. The second-order valence-corrected chi connectivity index (χ2v) is 3.63. The second-order valence-electron chi connectivity index (χ2n) is 3.63. The standard InChI is InChI=1S/C10H18O3/c1-3-5-6-7-10(4-2)8-12-9(11)13-10/h3-8H2,1-2H3. The van der Waals surface area contributed by atoms with E-state index in [1.54, 1.807) is 0 Å². The first kappa shape index (κ1) is 10.4. The minimum Gasteiger partial charge on any atom is -0.430 e. The van der Waals surface area contributed by atoms with E-state index in [-0.39, 0.29) is 5.60 Å². The van der Waals surface area contributed by atoms with E-state index < -0.39 is 6.16 Å². The average Bonchev–Trinajstić information content (AvgIpc) is 2.49. The zero-order valence-electron chi connectivity index (χ0n) is 8.47. The molecule has 3 heteroatoms. The van der Waals surface area contributed by atoms with Crippen LogP contribution in [0.4, 0.5) is 4.79 Å². The van der Waals surface area contributed by atoms with Gasteiger partial charge in [-0.1, -0.05) is 26.7 Å². The van der Waals surface area contributed by atoms with Crippen LogP contribution in [-0.2, 0) is 9.47 Å². The third kappa shape index (κ3) is 2.61. The molecule has 0 spiro atoms. The average molecular weight is 186 g/mol. The zero-order chi connectivity index (χ0) is 9.73. The van der Waals surface area contributed by atoms with Gasteiger partial charge < -0.3 is 9.47 Å². The molecule has 0 bridgehead atoms. The third-order valence-electron chi connectivity index (χ3n) is 2.63. The fourth-order valence-electron chi connectivity index (χ4n) is 1.60. The summed E-state index contributed by atoms with van der Waals surface area (Å²) < 4.78 is 10.0. The maximum Gasteiger partial charge on any atom is 0.509 e. The minimum absolute atomic E-state index is 0.313. The van der Waals surface area contributed by atoms with Crippen molar-refractivity contribution >= 4 is 6.16 Å². The van der Waals surface area contributed by atoms with Crippen molar-refractivity contribution < 1.29 is 14.3 Å². The lowest BCUT2D eigenvalue weighted by Crippen LogP contribution is -2.30. The molecule has 1 rings (SSSR count). The SMILES string of the molecule is CCCCCC1(CC)COC(=O)O1. The summed E-state index contributed by atoms with van der Waals surface area (Å²) in [6, 6.07) is 0. The van der Waals surface area contributed by atoms with Gasteiger partial charge in [0.15, 0.2) is 0 Å². The highest BCUT2D eigenvalue weighted by molar-refractivity contribution is 5.62. The number of hydrogen-bond donors (Lipinski definition) is 0. The first-order chi connectivity index (χ1) is 6.22. The van der Waals surface area contributed by atoms with Crippen molar-refractivity contribution in [2.75, 3.05) is 6.61 Å². The summed E-state index contributed by atoms with van der Waals surface area (Å²) in [7, 11) is 0. The zero-order valence-corrected chi connectivity index (χ0v) is 8.47. The van der Waals surface area contributed by atoms with Gasteiger partial charge in [0, 0.05) is 0 Å². The van der Waals surface area contributed by atoms with E-state index in [0.717, 1.165) is 19.3 Å². The van der Waals surface area contributed by atoms with E-state index in [1.807, 2.05) is 6.92 Å². The summed E-state index contributed by atoms with van der Waals surface area (Å²) >= 11 is 0. The molecule has 1 unspecified atom stereocenters. The number of carbonyl (C=O) groups is 1. The Kier molecular flexibility index (Phi) is 3.58. The molecule has 1 heterocycles. The van der Waals surface area contributed by atoms with Gasteiger partial charge in [0.25, 0.3) is 0 Å². The number of cyclic esters (lactones) is 2. The van der Waals surface area contributed by atoms with E-state index in [2.05, 4.69) is 6.92 Å². The first-order valence-electron chi connectivity index (χ1n) is 5.08. The Morgan fingerprint density at radius 1 is 1.38 bits per heavy atom. The number of rotatable bonds is 5. The van der Waals surface area contributed by atoms with Gasteiger partial charge in [-0.25, -0.2) is 4.79 Å². The summed E-state index contributed by atoms with van der Waals surface area (Å²) in [5.41, 5.74) is -0.313. The summed E-state index contributed by atoms with van der Waals surface area (Å²) in [4.78, 5) is 10.8. The van der Waals surface area contributed by atoms with Crippen molar-refractivity contribution in [2.45, 2.75) is 51.6 Å². The molecule has 1 atom stereocenters. The largest absolute Gasteiger partial charge is 0.509 e. The van der Waals surface area contributed by atoms with Gasteiger partial charge >= 0.3 is 6.16 Å². The van der Waals surface area contributed by atoms with Crippen LogP contribution in [0.2, 0.25) is 0 Å². The molecule has 1 aliphatic heterocycles. The maximum absolute atomic E-state index is 10.8. The van der Waals surface area contributed by atoms with Crippen LogP contribution in [0.5, 0.6) is 0 Å². The highest BCUT2D eigenvalue weighted by Gasteiger charge is 2.39. The highest BCUT2D eigenvalue weighted by atomic mass is 16.8. The third-order valence-corrected chi connectivity index (χ3v) is 2.63. The molecule has 13 heavy (non-hydrogen) atoms. The molecule has 1 aliphatic rings. The maximum atomic E-state index is 10.8. The van der Waals surface area contributed by atoms with Gasteiger partial charge in [0.1, 0.15) is 12.2 Å². The number of carbonyl (C=O) groups excluding carboxylic acids is 1. The van der Waals surface area contributed by atoms with Crippen LogP contribution in [0.3, 0.4) is 0 Å². The molecule has 0 aromatic heterocycles. The van der Waals surface area contributed by atoms with Gasteiger partial charge in [-0.3, -0.25) is 0 Å². The predicted molar refractivity (Wildman–Crippen MR) is 49.6 cm³/mol. The van der Waals surface area contributed by atoms with Crippen LogP contribution in [0, 0.1) is 0 Å². The molecule has 0 N–H and O–H groups in total. The van der Waals surface area contributed by atoms with Crippen LogP contribution in [-0.4, -0.2) is 18.4 Å². The molecule has 1 fully saturated rings. The molecule has 76 valence electrons. The van der Waals surface area contributed by atoms with E-state index >= 15 is 0 Å². The van der Waals surface area contributed by atoms with Gasteiger partial charge in [-0.15, -0.1) is 0 Å². The van der Waals surface area contributed by atoms with Crippen molar-refractivity contribution in [1.82, 2.24) is 0 Å². The molecule has 1 saturated heterocycles. The Labute approximate surface area is 79.4 Å². The Hall–Kier alpha value is -0.730. The molecular weight excluding hydrogens is 168 g/mol. The van der Waals surface area contributed by atoms with Crippen molar-refractivity contribution in [3.63, 3.8) is 0 Å². The fourth-order valence-corrected chi connectivity index (χ4v) is 1.60. The number of ether oxygens (including phenoxy) is 2. The van der Waals surface area contributed by atoms with Crippen molar-refractivity contribution in [3.8, 4) is 0 Å². The monoisotopic (exact) mass is 186 g/mol. The van der Waals surface area contributed by atoms with E-state index in [0.29, 0.717) is 6.61 Å². The van der Waals surface area contributed by atoms with Crippen molar-refractivity contribution in [3.05, 3.63) is 0 Å². The predicted octanol–water partition coefficient (Wildman–Crippen LogP) is 2.88. The molecule has 0 aromatic carbocycles. The van der Waals surface area contributed by atoms with Crippen molar-refractivity contribution in [2.24, 2.45) is 0 Å². The highest BCUT2D eigenvalue weighted by Crippen LogP contribution is 2.29. The Balaban J connectivity index is 2.37. The van der Waals surface area contributed by atoms with Crippen LogP contribution in [0.1, 0.15) is 46.0 Å². The topological polar surface area (TPSA) is 35.5 Å². The van der Waals surface area contributed by atoms with E-state index in [1.165, 1.54) is 12.8 Å². The quantitative estimate of drug-likeness (QED) is 0.489. The number of hydrogen-bond acceptors (Lipinski definition) is 3. The molecule has 0 aliphatic carbocycles. The van der Waals surface area contributed by atoms with Gasteiger partial charge in [-0.05, 0) is 19.3 Å². The molecule has 3 nitrogen and oxygen atoms in total. The minimum atomic E-state index is -0.502. The lowest BCUT2D eigenvalue weighted by Gasteiger charge is -2.22. The van der Waals surface area contributed by atoms with Gasteiger partial charge in [-0.2, -0.15) is 0 Å². The lowest BCUT2D eigenvalue weighted by atomic mass is 9.94. The lowest BCUT2D eigenvalue weighted by molar-refractivity contribution is 0.0442. The van der Waals surface area contributed by atoms with Crippen LogP contribution >= 0.6 is 0 Å². The van der Waals surface area contributed by atoms with Gasteiger partial charge in [0.05, 0.1) is 0 Å². The van der Waals surface area contributed by atoms with Crippen molar-refractivity contribution in [1.29, 1.82) is 0 Å². The summed E-state index contributed by atoms with van der Waals surface area (Å²) in [5.74, 6) is 0. The molecule has 0 saturated carbocycles. The van der Waals surface area contributed by atoms with Crippen LogP contribution in [0.25, 0.3) is 0 Å². The first-order valence-corrected chi connectivity index (χ1v) is 5.08. The Bertz CT molecular complexity index is 179. The Morgan fingerprint density at radius 2 is 2.15 bits per heavy atom. The Morgan fingerprint density at radius 3 is 2.62 bits per heavy atom. The molecular formula is C10H18O3. The molecule has 0 aromatic rings. The fraction of sp³-hybridized carbons (Fsp3) is 0.900. The summed E-state index contributed by atoms with van der Waals surface area (Å²) in [5, 5.41) is 0. The van der Waals surface area contributed by atoms with E-state index in [9.17, 15) is 4.79 Å². The molecule has 0 radical (unpaired) electrons. The van der Waals surface area contributed by atoms with E-state index in [4.69, 9.17) is 9.47 Å². The van der Waals surface area contributed by atoms with Gasteiger partial charge in [0.2, 0.25) is 0 Å².